The molecule has 0 bridgehead atoms. The number of aromatic nitrogens is 3. The van der Waals surface area contributed by atoms with Gasteiger partial charge in [0.15, 0.2) is 5.76 Å². The smallest absolute Gasteiger partial charge is 0.225 e. The van der Waals surface area contributed by atoms with Gasteiger partial charge in [0.25, 0.3) is 0 Å². The zero-order chi connectivity index (χ0) is 23.2. The number of hydrogen-bond acceptors (Lipinski definition) is 7. The maximum absolute atomic E-state index is 5.73. The SMILES string of the molecule is CCN(CCCN1CCN(c2ncccn2)CC1)Cc1cc(-c2cccc3ccccc23)no1. The molecule has 3 heterocycles. The molecule has 0 aliphatic carbocycles. The molecule has 1 fully saturated rings. The lowest BCUT2D eigenvalue weighted by Gasteiger charge is -2.35. The molecule has 5 rings (SSSR count). The van der Waals surface area contributed by atoms with E-state index >= 15 is 0 Å². The molecule has 0 unspecified atom stereocenters. The quantitative estimate of drug-likeness (QED) is 0.372. The third-order valence-electron chi connectivity index (χ3n) is 6.61. The van der Waals surface area contributed by atoms with Crippen molar-refractivity contribution in [3.8, 4) is 11.3 Å². The predicted octanol–water partition coefficient (Wildman–Crippen LogP) is 4.32. The van der Waals surface area contributed by atoms with Crippen LogP contribution in [0, 0.1) is 0 Å². The average Bonchev–Trinajstić information content (AvgIpc) is 3.37. The third kappa shape index (κ3) is 5.26. The van der Waals surface area contributed by atoms with Gasteiger partial charge in [0.1, 0.15) is 5.69 Å². The highest BCUT2D eigenvalue weighted by atomic mass is 16.5. The Hall–Kier alpha value is -3.29. The molecule has 0 spiro atoms. The van der Waals surface area contributed by atoms with Gasteiger partial charge in [0, 0.05) is 50.2 Å². The van der Waals surface area contributed by atoms with E-state index in [-0.39, 0.29) is 0 Å². The average molecular weight is 457 g/mol. The van der Waals surface area contributed by atoms with Crippen molar-refractivity contribution in [2.45, 2.75) is 19.9 Å². The molecule has 4 aromatic rings. The minimum atomic E-state index is 0.785. The first-order valence-corrected chi connectivity index (χ1v) is 12.2. The topological polar surface area (TPSA) is 61.5 Å². The molecule has 0 radical (unpaired) electrons. The molecule has 7 heteroatoms. The maximum atomic E-state index is 5.73. The molecule has 0 atom stereocenters. The van der Waals surface area contributed by atoms with Crippen molar-refractivity contribution in [1.82, 2.24) is 24.9 Å². The zero-order valence-corrected chi connectivity index (χ0v) is 19.8. The van der Waals surface area contributed by atoms with Crippen molar-refractivity contribution >= 4 is 16.7 Å². The Morgan fingerprint density at radius 1 is 0.941 bits per heavy atom. The Morgan fingerprint density at radius 3 is 2.56 bits per heavy atom. The second-order valence-corrected chi connectivity index (χ2v) is 8.80. The lowest BCUT2D eigenvalue weighted by molar-refractivity contribution is 0.206. The van der Waals surface area contributed by atoms with Crippen LogP contribution < -0.4 is 4.90 Å². The summed E-state index contributed by atoms with van der Waals surface area (Å²) in [6.45, 7) is 10.2. The fourth-order valence-electron chi connectivity index (χ4n) is 4.68. The summed E-state index contributed by atoms with van der Waals surface area (Å²) in [4.78, 5) is 16.0. The highest BCUT2D eigenvalue weighted by Crippen LogP contribution is 2.28. The van der Waals surface area contributed by atoms with E-state index in [0.29, 0.717) is 0 Å². The van der Waals surface area contributed by atoms with Gasteiger partial charge >= 0.3 is 0 Å². The zero-order valence-electron chi connectivity index (χ0n) is 19.8. The van der Waals surface area contributed by atoms with Crippen molar-refractivity contribution in [3.05, 3.63) is 72.8 Å². The number of rotatable bonds is 9. The van der Waals surface area contributed by atoms with Crippen LogP contribution in [0.25, 0.3) is 22.0 Å². The van der Waals surface area contributed by atoms with Crippen LogP contribution >= 0.6 is 0 Å². The highest BCUT2D eigenvalue weighted by Gasteiger charge is 2.19. The predicted molar refractivity (Wildman–Crippen MR) is 136 cm³/mol. The number of benzene rings is 2. The van der Waals surface area contributed by atoms with Gasteiger partial charge in [0.2, 0.25) is 5.95 Å². The summed E-state index contributed by atoms with van der Waals surface area (Å²) < 4.78 is 5.73. The summed E-state index contributed by atoms with van der Waals surface area (Å²) in [5.74, 6) is 1.76. The van der Waals surface area contributed by atoms with Crippen LogP contribution in [0.5, 0.6) is 0 Å². The van der Waals surface area contributed by atoms with Gasteiger partial charge in [0.05, 0.1) is 6.54 Å². The van der Waals surface area contributed by atoms with E-state index < -0.39 is 0 Å². The summed E-state index contributed by atoms with van der Waals surface area (Å²) in [5, 5.41) is 6.81. The molecule has 0 amide bonds. The lowest BCUT2D eigenvalue weighted by Crippen LogP contribution is -2.47. The number of nitrogens with zero attached hydrogens (tertiary/aromatic N) is 6. The number of fused-ring (bicyclic) bond motifs is 1. The van der Waals surface area contributed by atoms with Gasteiger partial charge in [-0.1, -0.05) is 54.5 Å². The molecular weight excluding hydrogens is 424 g/mol. The van der Waals surface area contributed by atoms with Gasteiger partial charge in [-0.15, -0.1) is 0 Å². The largest absolute Gasteiger partial charge is 0.359 e. The van der Waals surface area contributed by atoms with Crippen molar-refractivity contribution in [3.63, 3.8) is 0 Å². The highest BCUT2D eigenvalue weighted by molar-refractivity contribution is 5.95. The summed E-state index contributed by atoms with van der Waals surface area (Å²) in [7, 11) is 0. The minimum Gasteiger partial charge on any atom is -0.359 e. The Kier molecular flexibility index (Phi) is 7.12. The molecule has 1 saturated heterocycles. The van der Waals surface area contributed by atoms with Crippen LogP contribution in [0.15, 0.2) is 71.5 Å². The summed E-state index contributed by atoms with van der Waals surface area (Å²) >= 11 is 0. The van der Waals surface area contributed by atoms with E-state index in [4.69, 9.17) is 4.52 Å². The monoisotopic (exact) mass is 456 g/mol. The van der Waals surface area contributed by atoms with Crippen LogP contribution in [-0.2, 0) is 6.54 Å². The normalized spacial score (nSPS) is 14.8. The summed E-state index contributed by atoms with van der Waals surface area (Å²) in [6, 6.07) is 18.7. The second-order valence-electron chi connectivity index (χ2n) is 8.80. The molecule has 7 nitrogen and oxygen atoms in total. The number of piperazine rings is 1. The first kappa shape index (κ1) is 22.5. The lowest BCUT2D eigenvalue weighted by atomic mass is 10.0. The second kappa shape index (κ2) is 10.8. The van der Waals surface area contributed by atoms with Gasteiger partial charge < -0.3 is 9.42 Å². The van der Waals surface area contributed by atoms with E-state index in [9.17, 15) is 0 Å². The van der Waals surface area contributed by atoms with Gasteiger partial charge in [-0.3, -0.25) is 9.80 Å². The molecule has 0 N–H and O–H groups in total. The molecule has 176 valence electrons. The molecule has 2 aromatic carbocycles. The molecule has 34 heavy (non-hydrogen) atoms. The van der Waals surface area contributed by atoms with Gasteiger partial charge in [-0.2, -0.15) is 0 Å². The van der Waals surface area contributed by atoms with E-state index in [1.54, 1.807) is 0 Å². The van der Waals surface area contributed by atoms with Crippen LogP contribution in [0.1, 0.15) is 19.1 Å². The minimum absolute atomic E-state index is 0.785. The van der Waals surface area contributed by atoms with Crippen molar-refractivity contribution in [1.29, 1.82) is 0 Å². The van der Waals surface area contributed by atoms with Crippen LogP contribution in [-0.4, -0.2) is 70.7 Å². The van der Waals surface area contributed by atoms with E-state index in [1.165, 1.54) is 10.8 Å². The Bertz CT molecular complexity index is 1180. The summed E-state index contributed by atoms with van der Waals surface area (Å²) in [6.07, 6.45) is 4.77. The maximum Gasteiger partial charge on any atom is 0.225 e. The van der Waals surface area contributed by atoms with Gasteiger partial charge in [-0.25, -0.2) is 9.97 Å². The van der Waals surface area contributed by atoms with E-state index in [2.05, 4.69) is 85.3 Å². The molecule has 2 aromatic heterocycles. The first-order valence-electron chi connectivity index (χ1n) is 12.2. The Morgan fingerprint density at radius 2 is 1.74 bits per heavy atom. The number of anilines is 1. The molecular formula is C27H32N6O. The van der Waals surface area contributed by atoms with Crippen molar-refractivity contribution < 1.29 is 4.52 Å². The van der Waals surface area contributed by atoms with Crippen LogP contribution in [0.3, 0.4) is 0 Å². The molecule has 1 aliphatic heterocycles. The fourth-order valence-corrected chi connectivity index (χ4v) is 4.68. The van der Waals surface area contributed by atoms with E-state index in [0.717, 1.165) is 81.7 Å². The number of hydrogen-bond donors (Lipinski definition) is 0. The van der Waals surface area contributed by atoms with Crippen molar-refractivity contribution in [2.24, 2.45) is 0 Å². The van der Waals surface area contributed by atoms with Crippen LogP contribution in [0.2, 0.25) is 0 Å². The third-order valence-corrected chi connectivity index (χ3v) is 6.61. The first-order chi connectivity index (χ1) is 16.8. The molecule has 1 aliphatic rings. The Balaban J connectivity index is 1.11. The standard InChI is InChI=1S/C27H32N6O/c1-2-31(14-7-15-32-16-18-33(19-17-32)27-28-12-6-13-29-27)21-23-20-26(30-34-23)25-11-5-9-22-8-3-4-10-24(22)25/h3-6,8-13,20H,2,7,14-19,21H2,1H3. The molecule has 0 saturated carbocycles. The van der Waals surface area contributed by atoms with Crippen LogP contribution in [0.4, 0.5) is 5.95 Å². The fraction of sp³-hybridized carbons (Fsp3) is 0.370. The van der Waals surface area contributed by atoms with E-state index in [1.807, 2.05) is 18.5 Å². The Labute approximate surface area is 201 Å². The van der Waals surface area contributed by atoms with Gasteiger partial charge in [-0.05, 0) is 42.9 Å². The van der Waals surface area contributed by atoms with Crippen molar-refractivity contribution in [2.75, 3.05) is 50.7 Å². The summed E-state index contributed by atoms with van der Waals surface area (Å²) in [5.41, 5.74) is 2.03.